The summed E-state index contributed by atoms with van der Waals surface area (Å²) < 4.78 is 15.7. The van der Waals surface area contributed by atoms with Gasteiger partial charge in [0.15, 0.2) is 5.76 Å². The second kappa shape index (κ2) is 11.3. The van der Waals surface area contributed by atoms with Gasteiger partial charge in [-0.3, -0.25) is 9.59 Å². The number of hydrogen-bond donors (Lipinski definition) is 2. The van der Waals surface area contributed by atoms with E-state index in [1.54, 1.807) is 79.9 Å². The maximum Gasteiger partial charge on any atom is 0.343 e. The molecule has 2 N–H and O–H groups in total. The van der Waals surface area contributed by atoms with Crippen LogP contribution in [0.25, 0.3) is 0 Å². The lowest BCUT2D eigenvalue weighted by Gasteiger charge is -2.08. The number of carbonyl (C=O) groups excluding carboxylic acids is 3. The van der Waals surface area contributed by atoms with E-state index in [1.807, 2.05) is 0 Å². The number of para-hydroxylation sites is 1. The molecule has 36 heavy (non-hydrogen) atoms. The summed E-state index contributed by atoms with van der Waals surface area (Å²) in [6, 6.07) is 22.8. The summed E-state index contributed by atoms with van der Waals surface area (Å²) in [5.41, 5.74) is 3.97. The first-order valence-corrected chi connectivity index (χ1v) is 10.8. The molecule has 4 rings (SSSR count). The van der Waals surface area contributed by atoms with Gasteiger partial charge in [-0.05, 0) is 66.7 Å². The number of hydrogen-bond acceptors (Lipinski definition) is 7. The minimum absolute atomic E-state index is 0.154. The van der Waals surface area contributed by atoms with Gasteiger partial charge in [-0.1, -0.05) is 18.2 Å². The third-order valence-corrected chi connectivity index (χ3v) is 4.94. The molecule has 2 amide bonds. The van der Waals surface area contributed by atoms with Crippen LogP contribution < -0.4 is 20.2 Å². The lowest BCUT2D eigenvalue weighted by Crippen LogP contribution is -2.18. The van der Waals surface area contributed by atoms with Crippen LogP contribution in [0.3, 0.4) is 0 Å². The average Bonchev–Trinajstić information content (AvgIpc) is 3.45. The van der Waals surface area contributed by atoms with Gasteiger partial charge in [0.05, 0.1) is 25.2 Å². The molecule has 0 bridgehead atoms. The summed E-state index contributed by atoms with van der Waals surface area (Å²) in [6.07, 6.45) is 2.77. The van der Waals surface area contributed by atoms with Gasteiger partial charge in [-0.15, -0.1) is 0 Å². The zero-order valence-electron chi connectivity index (χ0n) is 19.1. The van der Waals surface area contributed by atoms with Crippen LogP contribution in [0.2, 0.25) is 0 Å². The second-order valence-corrected chi connectivity index (χ2v) is 7.37. The van der Waals surface area contributed by atoms with Crippen LogP contribution in [0, 0.1) is 0 Å². The van der Waals surface area contributed by atoms with E-state index in [0.717, 1.165) is 0 Å². The van der Waals surface area contributed by atoms with E-state index in [2.05, 4.69) is 15.8 Å². The number of rotatable bonds is 8. The lowest BCUT2D eigenvalue weighted by molar-refractivity contribution is 0.0734. The number of nitrogens with zero attached hydrogens (tertiary/aromatic N) is 1. The van der Waals surface area contributed by atoms with Gasteiger partial charge in [0.2, 0.25) is 0 Å². The van der Waals surface area contributed by atoms with Gasteiger partial charge in [-0.25, -0.2) is 10.2 Å². The Labute approximate surface area is 206 Å². The standard InChI is InChI=1S/C27H21N3O6/c1-34-22-13-11-18(12-14-22)27(33)36-23-9-3-2-6-20(23)17-28-30-25(31)19-7-4-8-21(16-19)29-26(32)24-10-5-15-35-24/h2-17H,1H3,(H,29,32)(H,30,31). The number of methoxy groups -OCH3 is 1. The normalized spacial score (nSPS) is 10.6. The van der Waals surface area contributed by atoms with Gasteiger partial charge >= 0.3 is 5.97 Å². The van der Waals surface area contributed by atoms with Gasteiger partial charge in [0.25, 0.3) is 11.8 Å². The number of esters is 1. The first kappa shape index (κ1) is 24.0. The minimum Gasteiger partial charge on any atom is -0.497 e. The first-order valence-electron chi connectivity index (χ1n) is 10.8. The average molecular weight is 483 g/mol. The monoisotopic (exact) mass is 483 g/mol. The summed E-state index contributed by atoms with van der Waals surface area (Å²) >= 11 is 0. The molecule has 3 aromatic carbocycles. The molecule has 180 valence electrons. The van der Waals surface area contributed by atoms with Crippen molar-refractivity contribution in [3.63, 3.8) is 0 Å². The molecule has 0 saturated heterocycles. The molecule has 0 aliphatic heterocycles. The SMILES string of the molecule is COc1ccc(C(=O)Oc2ccccc2C=NNC(=O)c2cccc(NC(=O)c3ccco3)c2)cc1. The molecular formula is C27H21N3O6. The molecule has 0 aliphatic rings. The number of hydrazone groups is 1. The maximum absolute atomic E-state index is 12.5. The Balaban J connectivity index is 1.39. The molecule has 0 fully saturated rings. The zero-order valence-corrected chi connectivity index (χ0v) is 19.1. The van der Waals surface area contributed by atoms with Gasteiger partial charge in [0, 0.05) is 16.8 Å². The topological polar surface area (TPSA) is 119 Å². The van der Waals surface area contributed by atoms with Crippen LogP contribution in [0.5, 0.6) is 11.5 Å². The predicted molar refractivity (Wildman–Crippen MR) is 133 cm³/mol. The number of nitrogens with one attached hydrogen (secondary N) is 2. The summed E-state index contributed by atoms with van der Waals surface area (Å²) in [5, 5.41) is 6.64. The van der Waals surface area contributed by atoms with Crippen molar-refractivity contribution in [2.24, 2.45) is 5.10 Å². The Bertz CT molecular complexity index is 1400. The molecule has 9 heteroatoms. The highest BCUT2D eigenvalue weighted by molar-refractivity contribution is 6.03. The van der Waals surface area contributed by atoms with Crippen LogP contribution in [0.4, 0.5) is 5.69 Å². The summed E-state index contributed by atoms with van der Waals surface area (Å²) in [6.45, 7) is 0. The molecule has 9 nitrogen and oxygen atoms in total. The summed E-state index contributed by atoms with van der Waals surface area (Å²) in [5.74, 6) is -0.416. The molecule has 0 spiro atoms. The molecule has 4 aromatic rings. The van der Waals surface area contributed by atoms with Gasteiger partial charge in [0.1, 0.15) is 11.5 Å². The summed E-state index contributed by atoms with van der Waals surface area (Å²) in [4.78, 5) is 37.2. The Hall–Kier alpha value is -5.18. The maximum atomic E-state index is 12.5. The molecule has 0 atom stereocenters. The molecular weight excluding hydrogens is 462 g/mol. The van der Waals surface area contributed by atoms with E-state index in [0.29, 0.717) is 22.6 Å². The highest BCUT2D eigenvalue weighted by atomic mass is 16.5. The smallest absolute Gasteiger partial charge is 0.343 e. The van der Waals surface area contributed by atoms with Crippen LogP contribution in [-0.2, 0) is 0 Å². The van der Waals surface area contributed by atoms with Crippen molar-refractivity contribution in [2.45, 2.75) is 0 Å². The van der Waals surface area contributed by atoms with Crippen molar-refractivity contribution >= 4 is 29.7 Å². The Morgan fingerprint density at radius 1 is 0.861 bits per heavy atom. The van der Waals surface area contributed by atoms with Crippen LogP contribution >= 0.6 is 0 Å². The highest BCUT2D eigenvalue weighted by Crippen LogP contribution is 2.19. The van der Waals surface area contributed by atoms with E-state index in [-0.39, 0.29) is 17.1 Å². The van der Waals surface area contributed by atoms with Crippen LogP contribution in [0.1, 0.15) is 36.8 Å². The van der Waals surface area contributed by atoms with Crippen molar-refractivity contribution in [1.82, 2.24) is 5.43 Å². The molecule has 1 aromatic heterocycles. The van der Waals surface area contributed by atoms with Gasteiger partial charge < -0.3 is 19.2 Å². The fourth-order valence-corrected chi connectivity index (χ4v) is 3.13. The number of anilines is 1. The molecule has 0 aliphatic carbocycles. The predicted octanol–water partition coefficient (Wildman–Crippen LogP) is 4.52. The molecule has 0 unspecified atom stereocenters. The highest BCUT2D eigenvalue weighted by Gasteiger charge is 2.12. The second-order valence-electron chi connectivity index (χ2n) is 7.37. The van der Waals surface area contributed by atoms with E-state index in [1.165, 1.54) is 24.6 Å². The van der Waals surface area contributed by atoms with Crippen molar-refractivity contribution in [3.8, 4) is 11.5 Å². The van der Waals surface area contributed by atoms with E-state index in [9.17, 15) is 14.4 Å². The Kier molecular flexibility index (Phi) is 7.52. The van der Waals surface area contributed by atoms with E-state index < -0.39 is 17.8 Å². The fourth-order valence-electron chi connectivity index (χ4n) is 3.13. The number of benzene rings is 3. The Morgan fingerprint density at radius 3 is 2.42 bits per heavy atom. The number of ether oxygens (including phenoxy) is 2. The van der Waals surface area contributed by atoms with E-state index >= 15 is 0 Å². The zero-order chi connectivity index (χ0) is 25.3. The van der Waals surface area contributed by atoms with Crippen LogP contribution in [-0.4, -0.2) is 31.1 Å². The molecule has 0 saturated carbocycles. The minimum atomic E-state index is -0.545. The third kappa shape index (κ3) is 6.03. The largest absolute Gasteiger partial charge is 0.497 e. The molecule has 0 radical (unpaired) electrons. The third-order valence-electron chi connectivity index (χ3n) is 4.94. The number of furan rings is 1. The van der Waals surface area contributed by atoms with E-state index in [4.69, 9.17) is 13.9 Å². The van der Waals surface area contributed by atoms with Gasteiger partial charge in [-0.2, -0.15) is 5.10 Å². The van der Waals surface area contributed by atoms with Crippen LogP contribution in [0.15, 0.2) is 101 Å². The Morgan fingerprint density at radius 2 is 1.67 bits per heavy atom. The quantitative estimate of drug-likeness (QED) is 0.165. The van der Waals surface area contributed by atoms with Crippen molar-refractivity contribution in [3.05, 3.63) is 114 Å². The fraction of sp³-hybridized carbons (Fsp3) is 0.0370. The first-order chi connectivity index (χ1) is 17.5. The van der Waals surface area contributed by atoms with Crippen molar-refractivity contribution in [2.75, 3.05) is 12.4 Å². The number of carbonyl (C=O) groups is 3. The van der Waals surface area contributed by atoms with Crippen molar-refractivity contribution in [1.29, 1.82) is 0 Å². The summed E-state index contributed by atoms with van der Waals surface area (Å²) in [7, 11) is 1.54. The van der Waals surface area contributed by atoms with Crippen molar-refractivity contribution < 1.29 is 28.3 Å². The number of amides is 2. The molecule has 1 heterocycles. The lowest BCUT2D eigenvalue weighted by atomic mass is 10.2.